The van der Waals surface area contributed by atoms with Gasteiger partial charge in [0, 0.05) is 0 Å². The monoisotopic (exact) mass is 163 g/mol. The van der Waals surface area contributed by atoms with Crippen LogP contribution in [0.3, 0.4) is 0 Å². The number of hydrogen-bond acceptors (Lipinski definition) is 4. The van der Waals surface area contributed by atoms with Gasteiger partial charge in [0.15, 0.2) is 0 Å². The molecule has 5 N–H and O–H groups in total. The van der Waals surface area contributed by atoms with Gasteiger partial charge >= 0.3 is 8.25 Å². The first-order chi connectivity index (χ1) is 4.73. The first-order valence-electron chi connectivity index (χ1n) is 2.77. The van der Waals surface area contributed by atoms with Gasteiger partial charge in [0.25, 0.3) is 22.6 Å². The van der Waals surface area contributed by atoms with Crippen LogP contribution in [0.25, 0.3) is 0 Å². The fourth-order valence-corrected chi connectivity index (χ4v) is 0.453. The van der Waals surface area contributed by atoms with Gasteiger partial charge in [-0.05, 0) is 0 Å². The van der Waals surface area contributed by atoms with Gasteiger partial charge in [0.2, 0.25) is 0 Å². The molecular formula is H9B3N3O3P. The van der Waals surface area contributed by atoms with Crippen LogP contribution in [0.1, 0.15) is 0 Å². The van der Waals surface area contributed by atoms with Gasteiger partial charge in [-0.1, -0.05) is 0 Å². The van der Waals surface area contributed by atoms with Gasteiger partial charge in [-0.3, -0.25) is 4.57 Å². The van der Waals surface area contributed by atoms with Gasteiger partial charge in [0.05, 0.1) is 0 Å². The molecule has 1 rings (SSSR count). The number of rotatable bonds is 0. The molecule has 0 aromatic rings. The fourth-order valence-electron chi connectivity index (χ4n) is 0.453. The van der Waals surface area contributed by atoms with E-state index in [0.29, 0.717) is 0 Å². The smallest absolute Gasteiger partial charge is 0.314 e. The minimum Gasteiger partial charge on any atom is -0.378 e. The molecule has 1 heterocycles. The van der Waals surface area contributed by atoms with Crippen molar-refractivity contribution < 1.29 is 14.4 Å². The molecule has 0 radical (unpaired) electrons. The van der Waals surface area contributed by atoms with Gasteiger partial charge in [-0.25, -0.2) is 0 Å². The molecule has 0 spiro atoms. The van der Waals surface area contributed by atoms with Crippen molar-refractivity contribution in [2.45, 2.75) is 0 Å². The van der Waals surface area contributed by atoms with Crippen LogP contribution in [0.2, 0.25) is 0 Å². The highest BCUT2D eigenvalue weighted by Gasteiger charge is 1.97. The lowest BCUT2D eigenvalue weighted by atomic mass is 9.85. The van der Waals surface area contributed by atoms with E-state index >= 15 is 0 Å². The van der Waals surface area contributed by atoms with E-state index in [1.165, 1.54) is 0 Å². The first-order valence-corrected chi connectivity index (χ1v) is 4.08. The average molecular weight is 162 g/mol. The molecule has 1 aliphatic heterocycles. The molecule has 0 saturated carbocycles. The summed E-state index contributed by atoms with van der Waals surface area (Å²) in [6, 6.07) is 0. The molecule has 0 bridgehead atoms. The van der Waals surface area contributed by atoms with Crippen molar-refractivity contribution in [1.82, 2.24) is 15.4 Å². The summed E-state index contributed by atoms with van der Waals surface area (Å²) < 4.78 is 8.74. The van der Waals surface area contributed by atoms with Crippen molar-refractivity contribution in [2.24, 2.45) is 0 Å². The molecule has 1 saturated heterocycles. The van der Waals surface area contributed by atoms with Crippen molar-refractivity contribution in [1.29, 1.82) is 0 Å². The number of hydrogen-bond donors (Lipinski definition) is 5. The van der Waals surface area contributed by atoms with E-state index in [0.717, 1.165) is 22.6 Å². The van der Waals surface area contributed by atoms with Crippen LogP contribution in [0.15, 0.2) is 0 Å². The van der Waals surface area contributed by atoms with Crippen LogP contribution in [0.4, 0.5) is 0 Å². The maximum absolute atomic E-state index is 8.74. The summed E-state index contributed by atoms with van der Waals surface area (Å²) in [7, 11) is -0.317. The lowest BCUT2D eigenvalue weighted by Crippen LogP contribution is -2.55. The Hall–Kier alpha value is 0.225. The molecule has 0 amide bonds. The van der Waals surface area contributed by atoms with Gasteiger partial charge in [-0.2, -0.15) is 0 Å². The molecular weight excluding hydrogens is 153 g/mol. The summed E-state index contributed by atoms with van der Waals surface area (Å²) in [6.07, 6.45) is 0. The Kier molecular flexibility index (Phi) is 7.50. The van der Waals surface area contributed by atoms with Crippen molar-refractivity contribution >= 4 is 30.9 Å². The van der Waals surface area contributed by atoms with E-state index in [9.17, 15) is 0 Å². The normalized spacial score (nSPS) is 15.5. The molecule has 6 nitrogen and oxygen atoms in total. The zero-order valence-electron chi connectivity index (χ0n) is 5.42. The first kappa shape index (κ1) is 10.2. The SMILES string of the molecule is B1NBNBN1.O=[PH](O)O. The molecule has 1 fully saturated rings. The Morgan fingerprint density at radius 1 is 1.00 bits per heavy atom. The van der Waals surface area contributed by atoms with E-state index in [2.05, 4.69) is 15.4 Å². The Labute approximate surface area is 61.6 Å². The third-order valence-electron chi connectivity index (χ3n) is 0.750. The summed E-state index contributed by atoms with van der Waals surface area (Å²) in [5.41, 5.74) is 0. The summed E-state index contributed by atoms with van der Waals surface area (Å²) in [5.74, 6) is 0. The van der Waals surface area contributed by atoms with Crippen LogP contribution in [0.5, 0.6) is 0 Å². The summed E-state index contributed by atoms with van der Waals surface area (Å²) in [5, 5.41) is 9.19. The molecule has 1 aliphatic rings. The third-order valence-corrected chi connectivity index (χ3v) is 0.750. The Morgan fingerprint density at radius 3 is 1.30 bits per heavy atom. The van der Waals surface area contributed by atoms with E-state index in [-0.39, 0.29) is 0 Å². The largest absolute Gasteiger partial charge is 0.378 e. The van der Waals surface area contributed by atoms with Crippen LogP contribution < -0.4 is 15.4 Å². The van der Waals surface area contributed by atoms with Gasteiger partial charge < -0.3 is 25.2 Å². The second kappa shape index (κ2) is 7.33. The van der Waals surface area contributed by atoms with E-state index in [1.807, 2.05) is 0 Å². The van der Waals surface area contributed by atoms with Crippen LogP contribution >= 0.6 is 8.25 Å². The lowest BCUT2D eigenvalue weighted by molar-refractivity contribution is 0.405. The summed E-state index contributed by atoms with van der Waals surface area (Å²) >= 11 is 0. The molecule has 0 atom stereocenters. The van der Waals surface area contributed by atoms with Crippen molar-refractivity contribution in [2.75, 3.05) is 0 Å². The topological polar surface area (TPSA) is 93.6 Å². The van der Waals surface area contributed by atoms with Crippen molar-refractivity contribution in [3.8, 4) is 0 Å². The predicted molar refractivity (Wildman–Crippen MR) is 44.3 cm³/mol. The van der Waals surface area contributed by atoms with Crippen LogP contribution in [-0.2, 0) is 4.57 Å². The summed E-state index contributed by atoms with van der Waals surface area (Å²) in [6.45, 7) is 0. The van der Waals surface area contributed by atoms with E-state index in [1.54, 1.807) is 0 Å². The minimum absolute atomic E-state index is 0.938. The zero-order valence-corrected chi connectivity index (χ0v) is 6.42. The maximum atomic E-state index is 8.74. The Bertz CT molecular complexity index is 81.5. The molecule has 10 heteroatoms. The summed E-state index contributed by atoms with van der Waals surface area (Å²) in [4.78, 5) is 14.3. The molecule has 10 heavy (non-hydrogen) atoms. The van der Waals surface area contributed by atoms with E-state index in [4.69, 9.17) is 14.4 Å². The lowest BCUT2D eigenvalue weighted by Gasteiger charge is -2.08. The Balaban J connectivity index is 0.000000180. The number of nitrogens with one attached hydrogen (secondary N) is 3. The fraction of sp³-hybridized carbons (Fsp3) is 0. The minimum atomic E-state index is -3.13. The van der Waals surface area contributed by atoms with Gasteiger partial charge in [0.1, 0.15) is 0 Å². The van der Waals surface area contributed by atoms with E-state index < -0.39 is 8.25 Å². The predicted octanol–water partition coefficient (Wildman–Crippen LogP) is -4.07. The van der Waals surface area contributed by atoms with Crippen LogP contribution in [-0.4, -0.2) is 32.4 Å². The molecule has 0 aliphatic carbocycles. The maximum Gasteiger partial charge on any atom is 0.314 e. The zero-order chi connectivity index (χ0) is 7.82. The highest BCUT2D eigenvalue weighted by molar-refractivity contribution is 7.30. The second-order valence-electron chi connectivity index (χ2n) is 1.56. The van der Waals surface area contributed by atoms with Crippen molar-refractivity contribution in [3.63, 3.8) is 0 Å². The molecule has 0 aromatic heterocycles. The quantitative estimate of drug-likeness (QED) is 0.184. The third kappa shape index (κ3) is 11.1. The standard InChI is InChI=1S/B3H6N3.H3O3P/c1-4-2-6-3-5-1;1-4(2)3/h1-6H;4H,(H2,1,2,3). The van der Waals surface area contributed by atoms with Crippen molar-refractivity contribution in [3.05, 3.63) is 0 Å². The molecule has 56 valence electrons. The van der Waals surface area contributed by atoms with Gasteiger partial charge in [-0.15, -0.1) is 0 Å². The molecule has 0 unspecified atom stereocenters. The molecule has 0 aromatic carbocycles. The Morgan fingerprint density at radius 2 is 1.20 bits per heavy atom. The highest BCUT2D eigenvalue weighted by Crippen LogP contribution is 1.98. The second-order valence-corrected chi connectivity index (χ2v) is 2.13. The highest BCUT2D eigenvalue weighted by atomic mass is 31.1. The van der Waals surface area contributed by atoms with Crippen LogP contribution in [0, 0.1) is 0 Å². The average Bonchev–Trinajstić information content (AvgIpc) is 1.90.